The summed E-state index contributed by atoms with van der Waals surface area (Å²) in [6, 6.07) is 17.3. The van der Waals surface area contributed by atoms with E-state index < -0.39 is 5.60 Å². The van der Waals surface area contributed by atoms with E-state index in [4.69, 9.17) is 50.6 Å². The van der Waals surface area contributed by atoms with Crippen molar-refractivity contribution in [2.75, 3.05) is 62.2 Å². The lowest BCUT2D eigenvalue weighted by Crippen LogP contribution is -2.74. The normalized spacial score (nSPS) is 21.4. The molecule has 4 heterocycles. The van der Waals surface area contributed by atoms with Gasteiger partial charge in [-0.1, -0.05) is 106 Å². The van der Waals surface area contributed by atoms with Gasteiger partial charge in [0.05, 0.1) is 34.3 Å². The van der Waals surface area contributed by atoms with Crippen LogP contribution in [0.5, 0.6) is 11.5 Å². The van der Waals surface area contributed by atoms with Crippen LogP contribution < -0.4 is 35.2 Å². The van der Waals surface area contributed by atoms with Crippen LogP contribution in [0, 0.1) is 34.8 Å². The van der Waals surface area contributed by atoms with E-state index in [1.54, 1.807) is 59.8 Å². The zero-order valence-electron chi connectivity index (χ0n) is 44.1. The van der Waals surface area contributed by atoms with Crippen molar-refractivity contribution >= 4 is 76.5 Å². The third kappa shape index (κ3) is 13.4. The Morgan fingerprint density at radius 3 is 1.34 bits per heavy atom. The van der Waals surface area contributed by atoms with Crippen molar-refractivity contribution in [2.45, 2.75) is 121 Å². The third-order valence-corrected chi connectivity index (χ3v) is 15.1. The van der Waals surface area contributed by atoms with Gasteiger partial charge in [0.25, 0.3) is 11.8 Å². The van der Waals surface area contributed by atoms with E-state index in [0.717, 1.165) is 37.8 Å². The molecule has 3 N–H and O–H groups in total. The number of rotatable bonds is 10. The molecule has 0 radical (unpaired) electrons. The summed E-state index contributed by atoms with van der Waals surface area (Å²) in [7, 11) is 0. The van der Waals surface area contributed by atoms with E-state index in [0.29, 0.717) is 70.2 Å². The van der Waals surface area contributed by atoms with Crippen molar-refractivity contribution in [3.63, 3.8) is 0 Å². The van der Waals surface area contributed by atoms with Crippen molar-refractivity contribution < 1.29 is 28.6 Å². The van der Waals surface area contributed by atoms with Crippen molar-refractivity contribution in [3.8, 4) is 11.5 Å². The summed E-state index contributed by atoms with van der Waals surface area (Å²) < 4.78 is 18.1. The van der Waals surface area contributed by atoms with Crippen LogP contribution in [-0.4, -0.2) is 115 Å². The Bertz CT molecular complexity index is 2720. The minimum Gasteiger partial charge on any atom is -0.489 e. The predicted molar refractivity (Wildman–Crippen MR) is 306 cm³/mol. The molecule has 0 atom stereocenters. The topological polar surface area (TPSA) is 159 Å². The molecule has 4 aliphatic rings. The van der Waals surface area contributed by atoms with Crippen LogP contribution >= 0.6 is 35.6 Å². The fourth-order valence-electron chi connectivity index (χ4n) is 11.4. The molecule has 0 spiro atoms. The van der Waals surface area contributed by atoms with Gasteiger partial charge >= 0.3 is 6.09 Å². The summed E-state index contributed by atoms with van der Waals surface area (Å²) in [6.07, 6.45) is 2.63. The number of pyridine rings is 2. The Morgan fingerprint density at radius 1 is 0.632 bits per heavy atom. The zero-order valence-corrected chi connectivity index (χ0v) is 46.5. The number of hydrogen-bond donors (Lipinski definition) is 3. The van der Waals surface area contributed by atoms with Crippen LogP contribution in [0.25, 0.3) is 9.69 Å². The first kappa shape index (κ1) is 62.5. The minimum atomic E-state index is -0.524. The largest absolute Gasteiger partial charge is 0.489 e. The van der Waals surface area contributed by atoms with Gasteiger partial charge in [-0.05, 0) is 69.3 Å². The average molecular weight is 1100 g/mol. The maximum absolute atomic E-state index is 13.2. The Balaban J connectivity index is 0.000000321. The van der Waals surface area contributed by atoms with Crippen LogP contribution in [0.15, 0.2) is 73.1 Å². The molecule has 4 aromatic rings. The van der Waals surface area contributed by atoms with E-state index >= 15 is 0 Å². The van der Waals surface area contributed by atoms with Gasteiger partial charge in [-0.2, -0.15) is 0 Å². The highest BCUT2D eigenvalue weighted by molar-refractivity contribution is 6.33. The Kier molecular flexibility index (Phi) is 20.2. The number of piperazine rings is 2. The van der Waals surface area contributed by atoms with Gasteiger partial charge in [-0.15, -0.1) is 12.4 Å². The minimum absolute atomic E-state index is 0. The summed E-state index contributed by atoms with van der Waals surface area (Å²) in [5.74, 6) is 2.55. The molecule has 4 fully saturated rings. The fourth-order valence-corrected chi connectivity index (χ4v) is 11.8. The highest BCUT2D eigenvalue weighted by atomic mass is 35.5. The highest BCUT2D eigenvalue weighted by Crippen LogP contribution is 2.57. The molecule has 2 aliphatic carbocycles. The van der Waals surface area contributed by atoms with Crippen molar-refractivity contribution in [3.05, 3.63) is 117 Å². The standard InChI is InChI=1S/C30H38ClN5O4.C25H30ClN5O2.2CH4.ClH/c1-28(2,3)40-27(38)36-15-13-35(14-16-36)23-12-9-19(18-33-23)24(37)34-25-29(4,5)26(30(25,6)7)39-20-10-11-22(32-8)21(31)17-20;1-24(2)22(25(3,4)23(24)33-17-7-8-19(27-5)18(26)14-17)30-21(32)16-6-9-20(29-15-16)31-12-10-28-11-13-31;;;/h9-12,17-18,25-26H,13-16H2,1-7H3,(H,34,37);6-9,14-15,22-23,28H,10-13H2,1-4H3,(H,30,32);2*1H4;1H. The number of ether oxygens (including phenoxy) is 3. The molecule has 16 nitrogen and oxygen atoms in total. The number of benzene rings is 2. The van der Waals surface area contributed by atoms with E-state index in [1.165, 1.54) is 0 Å². The van der Waals surface area contributed by atoms with Crippen LogP contribution in [0.2, 0.25) is 10.0 Å². The third-order valence-electron chi connectivity index (χ3n) is 14.5. The molecule has 2 saturated heterocycles. The van der Waals surface area contributed by atoms with E-state index in [1.807, 2.05) is 39.0 Å². The summed E-state index contributed by atoms with van der Waals surface area (Å²) in [5, 5.41) is 10.5. The first-order valence-electron chi connectivity index (χ1n) is 24.7. The quantitative estimate of drug-likeness (QED) is 0.130. The Hall–Kier alpha value is -6.04. The second-order valence-electron chi connectivity index (χ2n) is 22.5. The number of carbonyl (C=O) groups is 3. The number of aromatic nitrogens is 2. The van der Waals surface area contributed by atoms with Gasteiger partial charge in [0, 0.05) is 98.5 Å². The second kappa shape index (κ2) is 24.5. The van der Waals surface area contributed by atoms with Crippen LogP contribution in [0.4, 0.5) is 27.8 Å². The maximum atomic E-state index is 13.2. The van der Waals surface area contributed by atoms with Crippen LogP contribution in [0.3, 0.4) is 0 Å². The summed E-state index contributed by atoms with van der Waals surface area (Å²) in [4.78, 5) is 60.5. The number of nitrogens with one attached hydrogen (secondary N) is 3. The molecule has 8 rings (SSSR count). The number of halogens is 3. The van der Waals surface area contributed by atoms with Crippen LogP contribution in [-0.2, 0) is 4.74 Å². The lowest BCUT2D eigenvalue weighted by Gasteiger charge is -2.63. The van der Waals surface area contributed by atoms with E-state index in [9.17, 15) is 14.4 Å². The Labute approximate surface area is 467 Å². The molecular weight excluding hydrogens is 1030 g/mol. The van der Waals surface area contributed by atoms with Gasteiger partial charge in [0.15, 0.2) is 0 Å². The molecule has 0 unspecified atom stereocenters. The van der Waals surface area contributed by atoms with Gasteiger partial charge < -0.3 is 44.9 Å². The zero-order chi connectivity index (χ0) is 53.3. The van der Waals surface area contributed by atoms with Gasteiger partial charge in [-0.3, -0.25) is 9.59 Å². The van der Waals surface area contributed by atoms with Crippen molar-refractivity contribution in [2.24, 2.45) is 21.7 Å². The fraction of sp³-hybridized carbons (Fsp3) is 0.526. The number of hydrogen-bond acceptors (Lipinski definition) is 11. The van der Waals surface area contributed by atoms with Crippen molar-refractivity contribution in [1.82, 2.24) is 30.8 Å². The number of amides is 3. The molecule has 2 saturated carbocycles. The first-order chi connectivity index (χ1) is 34.3. The first-order valence-corrected chi connectivity index (χ1v) is 25.4. The lowest BCUT2D eigenvalue weighted by molar-refractivity contribution is -0.164. The summed E-state index contributed by atoms with van der Waals surface area (Å²) >= 11 is 12.4. The SMILES string of the molecule is C.C.Cl.[C-]#[N+]c1ccc(OC2C(C)(C)C(NC(=O)c3ccc(N4CCN(C(=O)OC(C)(C)C)CC4)nc3)C2(C)C)cc1Cl.[C-]#[N+]c1ccc(OC2C(C)(C)C(NC(=O)c3ccc(N4CCNCC4)nc3)C2(C)C)cc1Cl. The van der Waals surface area contributed by atoms with Crippen LogP contribution in [0.1, 0.15) is 112 Å². The molecule has 0 bridgehead atoms. The Morgan fingerprint density at radius 2 is 1.01 bits per heavy atom. The summed E-state index contributed by atoms with van der Waals surface area (Å²) in [5.41, 5.74) is -0.0380. The molecule has 19 heteroatoms. The smallest absolute Gasteiger partial charge is 0.410 e. The van der Waals surface area contributed by atoms with E-state index in [2.05, 4.69) is 101 Å². The maximum Gasteiger partial charge on any atom is 0.410 e. The highest BCUT2D eigenvalue weighted by Gasteiger charge is 2.65. The summed E-state index contributed by atoms with van der Waals surface area (Å²) in [6.45, 7) is 42.6. The molecule has 3 amide bonds. The monoisotopic (exact) mass is 1100 g/mol. The average Bonchev–Trinajstić information content (AvgIpc) is 3.35. The van der Waals surface area contributed by atoms with Crippen molar-refractivity contribution in [1.29, 1.82) is 0 Å². The van der Waals surface area contributed by atoms with E-state index in [-0.39, 0.29) is 91.1 Å². The molecule has 2 aromatic heterocycles. The lowest BCUT2D eigenvalue weighted by atomic mass is 9.49. The molecule has 76 heavy (non-hydrogen) atoms. The molecule has 412 valence electrons. The molecular formula is C57H77Cl3N10O6. The molecule has 2 aromatic carbocycles. The molecule has 2 aliphatic heterocycles. The second-order valence-corrected chi connectivity index (χ2v) is 23.4. The van der Waals surface area contributed by atoms with Gasteiger partial charge in [0.1, 0.15) is 40.9 Å². The number of nitrogens with zero attached hydrogens (tertiary/aromatic N) is 7. The number of carbonyl (C=O) groups excluding carboxylic acids is 3. The van der Waals surface area contributed by atoms with Gasteiger partial charge in [0.2, 0.25) is 11.4 Å². The predicted octanol–water partition coefficient (Wildman–Crippen LogP) is 12.0. The van der Waals surface area contributed by atoms with Gasteiger partial charge in [-0.25, -0.2) is 24.5 Å². The number of anilines is 2.